The highest BCUT2D eigenvalue weighted by molar-refractivity contribution is 5.85. The molecule has 6 nitrogen and oxygen atoms in total. The van der Waals surface area contributed by atoms with Gasteiger partial charge in [-0.25, -0.2) is 0 Å². The first-order chi connectivity index (χ1) is 21.9. The highest BCUT2D eigenvalue weighted by Crippen LogP contribution is 2.53. The molecule has 0 N–H and O–H groups in total. The van der Waals surface area contributed by atoms with E-state index in [-0.39, 0.29) is 5.41 Å². The van der Waals surface area contributed by atoms with Crippen molar-refractivity contribution in [2.45, 2.75) is 32.1 Å². The molecular formula is C39H42O6. The van der Waals surface area contributed by atoms with Gasteiger partial charge in [-0.1, -0.05) is 74.5 Å². The Kier molecular flexibility index (Phi) is 9.43. The molecule has 0 aliphatic heterocycles. The molecule has 0 radical (unpaired) electrons. The first-order valence-electron chi connectivity index (χ1n) is 15.2. The predicted octanol–water partition coefficient (Wildman–Crippen LogP) is 9.17. The lowest BCUT2D eigenvalue weighted by molar-refractivity contribution is 0.324. The van der Waals surface area contributed by atoms with Crippen LogP contribution in [-0.4, -0.2) is 42.7 Å². The van der Waals surface area contributed by atoms with Crippen molar-refractivity contribution in [3.8, 4) is 45.6 Å². The van der Waals surface area contributed by atoms with Crippen LogP contribution in [-0.2, 0) is 5.41 Å². The van der Waals surface area contributed by atoms with Crippen LogP contribution in [0.25, 0.3) is 35.4 Å². The average molecular weight is 607 g/mol. The Labute approximate surface area is 266 Å². The zero-order valence-electron chi connectivity index (χ0n) is 27.4. The second-order valence-corrected chi connectivity index (χ2v) is 11.0. The molecule has 4 aromatic carbocycles. The van der Waals surface area contributed by atoms with Crippen LogP contribution in [0.3, 0.4) is 0 Å². The lowest BCUT2D eigenvalue weighted by Crippen LogP contribution is -2.23. The SMILES string of the molecule is CCC1(CC)c2cc(/C=C/c3cc(OC)c(OC)c(OC)c3)ccc2-c2ccc(/C=C/c3cc(OC)c(OC)c(OC)c3)cc21. The summed E-state index contributed by atoms with van der Waals surface area (Å²) in [6.45, 7) is 4.58. The second kappa shape index (κ2) is 13.4. The highest BCUT2D eigenvalue weighted by Gasteiger charge is 2.40. The monoisotopic (exact) mass is 606 g/mol. The molecule has 0 atom stereocenters. The normalized spacial score (nSPS) is 13.1. The van der Waals surface area contributed by atoms with Gasteiger partial charge in [-0.15, -0.1) is 0 Å². The Morgan fingerprint density at radius 3 is 1.07 bits per heavy atom. The molecule has 0 heterocycles. The fraction of sp³-hybridized carbons (Fsp3) is 0.282. The molecule has 234 valence electrons. The van der Waals surface area contributed by atoms with Crippen molar-refractivity contribution in [1.82, 2.24) is 0 Å². The molecule has 0 saturated heterocycles. The minimum atomic E-state index is -0.0720. The molecular weight excluding hydrogens is 564 g/mol. The molecule has 0 spiro atoms. The summed E-state index contributed by atoms with van der Waals surface area (Å²) in [6.07, 6.45) is 10.5. The summed E-state index contributed by atoms with van der Waals surface area (Å²) in [5.41, 5.74) is 9.51. The van der Waals surface area contributed by atoms with Crippen molar-refractivity contribution in [1.29, 1.82) is 0 Å². The van der Waals surface area contributed by atoms with Gasteiger partial charge in [-0.3, -0.25) is 0 Å². The third-order valence-electron chi connectivity index (χ3n) is 8.93. The summed E-state index contributed by atoms with van der Waals surface area (Å²) in [4.78, 5) is 0. The van der Waals surface area contributed by atoms with Gasteiger partial charge in [0.1, 0.15) is 0 Å². The van der Waals surface area contributed by atoms with Crippen molar-refractivity contribution in [2.24, 2.45) is 0 Å². The fourth-order valence-corrected chi connectivity index (χ4v) is 6.53. The molecule has 1 aliphatic rings. The van der Waals surface area contributed by atoms with E-state index < -0.39 is 0 Å². The number of ether oxygens (including phenoxy) is 6. The Hall–Kier alpha value is -4.84. The van der Waals surface area contributed by atoms with Crippen LogP contribution in [0.5, 0.6) is 34.5 Å². The molecule has 0 aromatic heterocycles. The van der Waals surface area contributed by atoms with Gasteiger partial charge in [0.05, 0.1) is 42.7 Å². The minimum Gasteiger partial charge on any atom is -0.493 e. The maximum absolute atomic E-state index is 5.55. The quantitative estimate of drug-likeness (QED) is 0.150. The second-order valence-electron chi connectivity index (χ2n) is 11.0. The van der Waals surface area contributed by atoms with E-state index in [1.807, 2.05) is 24.3 Å². The zero-order valence-corrected chi connectivity index (χ0v) is 27.4. The van der Waals surface area contributed by atoms with E-state index in [1.54, 1.807) is 42.7 Å². The van der Waals surface area contributed by atoms with Crippen LogP contribution in [0.1, 0.15) is 60.1 Å². The van der Waals surface area contributed by atoms with E-state index in [0.29, 0.717) is 34.5 Å². The molecule has 45 heavy (non-hydrogen) atoms. The van der Waals surface area contributed by atoms with Crippen molar-refractivity contribution in [3.05, 3.63) is 94.0 Å². The molecule has 0 fully saturated rings. The number of hydrogen-bond acceptors (Lipinski definition) is 6. The maximum atomic E-state index is 5.55. The molecule has 0 saturated carbocycles. The number of hydrogen-bond donors (Lipinski definition) is 0. The van der Waals surface area contributed by atoms with Crippen LogP contribution in [0.15, 0.2) is 60.7 Å². The summed E-state index contributed by atoms with van der Waals surface area (Å²) in [5, 5.41) is 0. The van der Waals surface area contributed by atoms with Crippen LogP contribution < -0.4 is 28.4 Å². The Bertz CT molecular complexity index is 1570. The standard InChI is InChI=1S/C39H42O6/c1-9-39(10-2)31-19-25(11-13-27-21-33(40-3)37(44-7)34(22-27)41-4)15-17-29(31)30-18-16-26(20-32(30)39)12-14-28-23-35(42-5)38(45-8)36(24-28)43-6/h11-24H,9-10H2,1-8H3/b13-11+,14-12+. The third-order valence-corrected chi connectivity index (χ3v) is 8.93. The number of fused-ring (bicyclic) bond motifs is 3. The Balaban J connectivity index is 1.49. The van der Waals surface area contributed by atoms with Gasteiger partial charge < -0.3 is 28.4 Å². The number of methoxy groups -OCH3 is 6. The molecule has 0 bridgehead atoms. The first kappa shape index (κ1) is 31.6. The summed E-state index contributed by atoms with van der Waals surface area (Å²) in [7, 11) is 9.75. The van der Waals surface area contributed by atoms with Gasteiger partial charge in [-0.2, -0.15) is 0 Å². The first-order valence-corrected chi connectivity index (χ1v) is 15.2. The number of rotatable bonds is 12. The van der Waals surface area contributed by atoms with Crippen molar-refractivity contribution < 1.29 is 28.4 Å². The average Bonchev–Trinajstić information content (AvgIpc) is 3.36. The van der Waals surface area contributed by atoms with E-state index in [1.165, 1.54) is 22.3 Å². The van der Waals surface area contributed by atoms with Gasteiger partial charge >= 0.3 is 0 Å². The molecule has 5 rings (SSSR count). The smallest absolute Gasteiger partial charge is 0.203 e. The summed E-state index contributed by atoms with van der Waals surface area (Å²) in [5.74, 6) is 3.69. The fourth-order valence-electron chi connectivity index (χ4n) is 6.53. The Morgan fingerprint density at radius 1 is 0.444 bits per heavy atom. The van der Waals surface area contributed by atoms with Gasteiger partial charge in [-0.05, 0) is 81.6 Å². The van der Waals surface area contributed by atoms with Crippen molar-refractivity contribution in [3.63, 3.8) is 0 Å². The van der Waals surface area contributed by atoms with Crippen LogP contribution in [0.4, 0.5) is 0 Å². The molecule has 0 amide bonds. The van der Waals surface area contributed by atoms with Crippen LogP contribution >= 0.6 is 0 Å². The van der Waals surface area contributed by atoms with Gasteiger partial charge in [0.2, 0.25) is 11.5 Å². The van der Waals surface area contributed by atoms with Crippen LogP contribution in [0, 0.1) is 0 Å². The zero-order chi connectivity index (χ0) is 32.1. The van der Waals surface area contributed by atoms with Crippen molar-refractivity contribution in [2.75, 3.05) is 42.7 Å². The molecule has 1 aliphatic carbocycles. The maximum Gasteiger partial charge on any atom is 0.203 e. The van der Waals surface area contributed by atoms with Gasteiger partial charge in [0, 0.05) is 5.41 Å². The molecule has 6 heteroatoms. The van der Waals surface area contributed by atoms with Crippen LogP contribution in [0.2, 0.25) is 0 Å². The van der Waals surface area contributed by atoms with E-state index in [4.69, 9.17) is 28.4 Å². The third kappa shape index (κ3) is 5.73. The molecule has 0 unspecified atom stereocenters. The summed E-state index contributed by atoms with van der Waals surface area (Å²) >= 11 is 0. The summed E-state index contributed by atoms with van der Waals surface area (Å²) in [6, 6.07) is 21.4. The van der Waals surface area contributed by atoms with Gasteiger partial charge in [0.25, 0.3) is 0 Å². The van der Waals surface area contributed by atoms with Gasteiger partial charge in [0.15, 0.2) is 23.0 Å². The van der Waals surface area contributed by atoms with Crippen molar-refractivity contribution >= 4 is 24.3 Å². The highest BCUT2D eigenvalue weighted by atomic mass is 16.5. The lowest BCUT2D eigenvalue weighted by Gasteiger charge is -2.30. The largest absolute Gasteiger partial charge is 0.493 e. The number of benzene rings is 4. The lowest BCUT2D eigenvalue weighted by atomic mass is 9.73. The van der Waals surface area contributed by atoms with E-state index in [2.05, 4.69) is 74.5 Å². The summed E-state index contributed by atoms with van der Waals surface area (Å²) < 4.78 is 33.2. The Morgan fingerprint density at radius 2 is 0.778 bits per heavy atom. The van der Waals surface area contributed by atoms with E-state index >= 15 is 0 Å². The minimum absolute atomic E-state index is 0.0720. The van der Waals surface area contributed by atoms with E-state index in [9.17, 15) is 0 Å². The predicted molar refractivity (Wildman–Crippen MR) is 183 cm³/mol. The molecule has 4 aromatic rings. The topological polar surface area (TPSA) is 55.4 Å². The van der Waals surface area contributed by atoms with E-state index in [0.717, 1.165) is 35.1 Å².